The molecule has 1 rings (SSSR count). The van der Waals surface area contributed by atoms with E-state index in [9.17, 15) is 5.11 Å². The van der Waals surface area contributed by atoms with Gasteiger partial charge >= 0.3 is 0 Å². The van der Waals surface area contributed by atoms with E-state index >= 15 is 0 Å². The number of aliphatic hydroxyl groups excluding tert-OH is 1. The van der Waals surface area contributed by atoms with Crippen molar-refractivity contribution >= 4 is 22.6 Å². The lowest BCUT2D eigenvalue weighted by atomic mass is 10.0. The van der Waals surface area contributed by atoms with Crippen molar-refractivity contribution in [3.8, 4) is 0 Å². The largest absolute Gasteiger partial charge is 0.395 e. The summed E-state index contributed by atoms with van der Waals surface area (Å²) in [6, 6.07) is 0.0970. The molecule has 0 bridgehead atoms. The van der Waals surface area contributed by atoms with Crippen LogP contribution in [0.1, 0.15) is 6.42 Å². The van der Waals surface area contributed by atoms with E-state index in [0.29, 0.717) is 13.0 Å². The third-order valence-corrected chi connectivity index (χ3v) is 3.24. The minimum absolute atomic E-state index is 0.0970. The second kappa shape index (κ2) is 3.34. The third-order valence-electron chi connectivity index (χ3n) is 1.82. The topological polar surface area (TPSA) is 52.5 Å². The Morgan fingerprint density at radius 3 is 2.70 bits per heavy atom. The summed E-state index contributed by atoms with van der Waals surface area (Å²) < 4.78 is 0.730. The van der Waals surface area contributed by atoms with Crippen LogP contribution in [0, 0.1) is 0 Å². The van der Waals surface area contributed by atoms with Crippen LogP contribution in [0.2, 0.25) is 0 Å². The third kappa shape index (κ3) is 1.81. The van der Waals surface area contributed by atoms with Crippen LogP contribution in [0.15, 0.2) is 0 Å². The summed E-state index contributed by atoms with van der Waals surface area (Å²) in [5.74, 6) is 0. The van der Waals surface area contributed by atoms with Gasteiger partial charge in [-0.25, -0.2) is 0 Å². The van der Waals surface area contributed by atoms with Gasteiger partial charge in [0.15, 0.2) is 0 Å². The summed E-state index contributed by atoms with van der Waals surface area (Å²) in [5, 5.41) is 21.4. The van der Waals surface area contributed by atoms with Crippen LogP contribution in [0.3, 0.4) is 0 Å². The van der Waals surface area contributed by atoms with E-state index in [4.69, 9.17) is 5.11 Å². The molecule has 0 spiro atoms. The van der Waals surface area contributed by atoms with Crippen molar-refractivity contribution in [3.63, 3.8) is 0 Å². The Morgan fingerprint density at radius 2 is 2.40 bits per heavy atom. The number of aliphatic hydroxyl groups is 2. The standard InChI is InChI=1S/C6H12INO2/c7-3-6(10)1-5(2-9)8-4-6/h5,8-10H,1-4H2/t5-,6+/m0/s1. The summed E-state index contributed by atoms with van der Waals surface area (Å²) in [7, 11) is 0. The van der Waals surface area contributed by atoms with E-state index in [-0.39, 0.29) is 12.6 Å². The summed E-state index contributed by atoms with van der Waals surface area (Å²) >= 11 is 2.16. The number of β-amino-alcohol motifs (C(OH)–C–C–N with tert-alkyl or cyclic N) is 1. The molecule has 60 valence electrons. The fraction of sp³-hybridized carbons (Fsp3) is 1.00. The van der Waals surface area contributed by atoms with Gasteiger partial charge in [0.25, 0.3) is 0 Å². The smallest absolute Gasteiger partial charge is 0.0876 e. The van der Waals surface area contributed by atoms with Gasteiger partial charge in [-0.3, -0.25) is 0 Å². The maximum Gasteiger partial charge on any atom is 0.0876 e. The molecule has 0 aromatic carbocycles. The predicted molar refractivity (Wildman–Crippen MR) is 47.3 cm³/mol. The van der Waals surface area contributed by atoms with Crippen LogP contribution in [0.5, 0.6) is 0 Å². The molecule has 10 heavy (non-hydrogen) atoms. The van der Waals surface area contributed by atoms with Gasteiger partial charge in [-0.2, -0.15) is 0 Å². The molecule has 3 N–H and O–H groups in total. The van der Waals surface area contributed by atoms with Gasteiger partial charge in [-0.05, 0) is 6.42 Å². The lowest BCUT2D eigenvalue weighted by molar-refractivity contribution is 0.0844. The molecule has 0 unspecified atom stereocenters. The number of nitrogens with one attached hydrogen (secondary N) is 1. The highest BCUT2D eigenvalue weighted by molar-refractivity contribution is 14.1. The van der Waals surface area contributed by atoms with Crippen LogP contribution in [-0.4, -0.2) is 39.4 Å². The number of hydrogen-bond acceptors (Lipinski definition) is 3. The molecule has 1 saturated heterocycles. The summed E-state index contributed by atoms with van der Waals surface area (Å²) in [5.41, 5.74) is -0.575. The average molecular weight is 257 g/mol. The van der Waals surface area contributed by atoms with Gasteiger partial charge in [0.05, 0.1) is 12.2 Å². The van der Waals surface area contributed by atoms with Crippen LogP contribution in [0.4, 0.5) is 0 Å². The van der Waals surface area contributed by atoms with Crippen molar-refractivity contribution in [1.29, 1.82) is 0 Å². The lowest BCUT2D eigenvalue weighted by Crippen LogP contribution is -2.32. The van der Waals surface area contributed by atoms with Crippen molar-refractivity contribution in [1.82, 2.24) is 5.32 Å². The van der Waals surface area contributed by atoms with Crippen LogP contribution in [-0.2, 0) is 0 Å². The molecule has 0 aromatic heterocycles. The Labute approximate surface area is 74.0 Å². The highest BCUT2D eigenvalue weighted by atomic mass is 127. The number of halogens is 1. The second-order valence-corrected chi connectivity index (χ2v) is 3.59. The first-order valence-corrected chi connectivity index (χ1v) is 4.85. The molecule has 2 atom stereocenters. The molecule has 0 aromatic rings. The first kappa shape index (κ1) is 8.70. The predicted octanol–water partition coefficient (Wildman–Crippen LogP) is -0.493. The zero-order valence-electron chi connectivity index (χ0n) is 5.68. The SMILES string of the molecule is OC[C@@H]1C[C@@](O)(CI)CN1. The molecule has 0 saturated carbocycles. The number of hydrogen-bond donors (Lipinski definition) is 3. The Balaban J connectivity index is 2.41. The fourth-order valence-electron chi connectivity index (χ4n) is 1.17. The normalized spacial score (nSPS) is 40.5. The van der Waals surface area contributed by atoms with Crippen molar-refractivity contribution in [2.75, 3.05) is 17.6 Å². The Morgan fingerprint density at radius 1 is 1.70 bits per heavy atom. The van der Waals surface area contributed by atoms with E-state index in [1.54, 1.807) is 0 Å². The summed E-state index contributed by atoms with van der Waals surface area (Å²) in [4.78, 5) is 0. The number of alkyl halides is 1. The van der Waals surface area contributed by atoms with E-state index in [1.165, 1.54) is 0 Å². The Kier molecular flexibility index (Phi) is 2.91. The quantitative estimate of drug-likeness (QED) is 0.462. The van der Waals surface area contributed by atoms with Gasteiger partial charge in [0.1, 0.15) is 0 Å². The first-order chi connectivity index (χ1) is 4.70. The molecular weight excluding hydrogens is 245 g/mol. The van der Waals surface area contributed by atoms with Crippen molar-refractivity contribution in [2.45, 2.75) is 18.1 Å². The monoisotopic (exact) mass is 257 g/mol. The molecule has 1 fully saturated rings. The van der Waals surface area contributed by atoms with Gasteiger partial charge in [0, 0.05) is 17.0 Å². The molecule has 1 heterocycles. The molecule has 4 heteroatoms. The van der Waals surface area contributed by atoms with Crippen LogP contribution < -0.4 is 5.32 Å². The maximum absolute atomic E-state index is 9.62. The Hall–Kier alpha value is 0.610. The molecule has 0 amide bonds. The minimum atomic E-state index is -0.575. The fourth-order valence-corrected chi connectivity index (χ4v) is 1.75. The minimum Gasteiger partial charge on any atom is -0.395 e. The van der Waals surface area contributed by atoms with Crippen molar-refractivity contribution in [2.24, 2.45) is 0 Å². The molecular formula is C6H12INO2. The Bertz CT molecular complexity index is 122. The average Bonchev–Trinajstić information content (AvgIpc) is 2.33. The van der Waals surface area contributed by atoms with Crippen LogP contribution in [0.25, 0.3) is 0 Å². The maximum atomic E-state index is 9.62. The molecule has 0 radical (unpaired) electrons. The van der Waals surface area contributed by atoms with E-state index in [1.807, 2.05) is 0 Å². The van der Waals surface area contributed by atoms with Crippen molar-refractivity contribution in [3.05, 3.63) is 0 Å². The lowest BCUT2D eigenvalue weighted by Gasteiger charge is -2.17. The van der Waals surface area contributed by atoms with E-state index in [0.717, 1.165) is 4.43 Å². The van der Waals surface area contributed by atoms with E-state index in [2.05, 4.69) is 27.9 Å². The number of rotatable bonds is 2. The van der Waals surface area contributed by atoms with Crippen LogP contribution >= 0.6 is 22.6 Å². The van der Waals surface area contributed by atoms with Gasteiger partial charge in [0.2, 0.25) is 0 Å². The summed E-state index contributed by atoms with van der Waals surface area (Å²) in [6.45, 7) is 0.736. The highest BCUT2D eigenvalue weighted by Crippen LogP contribution is 2.20. The molecule has 3 nitrogen and oxygen atoms in total. The summed E-state index contributed by atoms with van der Waals surface area (Å²) in [6.07, 6.45) is 0.673. The zero-order chi connectivity index (χ0) is 7.61. The molecule has 1 aliphatic heterocycles. The van der Waals surface area contributed by atoms with Gasteiger partial charge in [-0.15, -0.1) is 0 Å². The van der Waals surface area contributed by atoms with Gasteiger partial charge < -0.3 is 15.5 Å². The highest BCUT2D eigenvalue weighted by Gasteiger charge is 2.35. The molecule has 0 aliphatic carbocycles. The van der Waals surface area contributed by atoms with Gasteiger partial charge in [-0.1, -0.05) is 22.6 Å². The zero-order valence-corrected chi connectivity index (χ0v) is 7.84. The van der Waals surface area contributed by atoms with E-state index < -0.39 is 5.60 Å². The second-order valence-electron chi connectivity index (χ2n) is 2.82. The molecule has 1 aliphatic rings. The first-order valence-electron chi connectivity index (χ1n) is 3.33. The van der Waals surface area contributed by atoms with Crippen molar-refractivity contribution < 1.29 is 10.2 Å².